The number of fused-ring (bicyclic) bond motifs is 1. The zero-order chi connectivity index (χ0) is 17.0. The highest BCUT2D eigenvalue weighted by atomic mass is 16.5. The van der Waals surface area contributed by atoms with Crippen LogP contribution in [-0.2, 0) is 0 Å². The van der Waals surface area contributed by atoms with Crippen molar-refractivity contribution in [3.8, 4) is 0 Å². The van der Waals surface area contributed by atoms with E-state index in [9.17, 15) is 4.79 Å². The van der Waals surface area contributed by atoms with Crippen LogP contribution in [0.25, 0.3) is 5.52 Å². The zero-order valence-corrected chi connectivity index (χ0v) is 14.1. The molecule has 1 saturated carbocycles. The summed E-state index contributed by atoms with van der Waals surface area (Å²) in [5.41, 5.74) is 1.33. The molecule has 0 radical (unpaired) electrons. The minimum atomic E-state index is -0.121. The third-order valence-electron chi connectivity index (χ3n) is 5.12. The number of amides is 1. The van der Waals surface area contributed by atoms with E-state index < -0.39 is 0 Å². The highest BCUT2D eigenvalue weighted by Crippen LogP contribution is 2.40. The van der Waals surface area contributed by atoms with E-state index in [1.165, 1.54) is 0 Å². The molecule has 1 atom stereocenters. The molecular formula is C18H19N5O2. The maximum atomic E-state index is 13.2. The summed E-state index contributed by atoms with van der Waals surface area (Å²) in [4.78, 5) is 24.1. The number of rotatable bonds is 3. The molecule has 0 bridgehead atoms. The fourth-order valence-corrected chi connectivity index (χ4v) is 3.64. The standard InChI is InChI=1S/C18H19N5O2/c1-11-19-15(13-5-2-3-9-22(11)13)18(24)23-10-4-6-14(23)16-20-17(25-21-16)12-7-8-12/h2-3,5,9,12,14H,4,6-8,10H2,1H3/t14-/m0/s1. The van der Waals surface area contributed by atoms with Crippen molar-refractivity contribution in [1.29, 1.82) is 0 Å². The van der Waals surface area contributed by atoms with Gasteiger partial charge >= 0.3 is 0 Å². The van der Waals surface area contributed by atoms with Crippen LogP contribution in [0.15, 0.2) is 28.9 Å². The van der Waals surface area contributed by atoms with Gasteiger partial charge in [0.25, 0.3) is 5.91 Å². The molecule has 1 aliphatic carbocycles. The van der Waals surface area contributed by atoms with Crippen LogP contribution in [0.5, 0.6) is 0 Å². The molecule has 4 heterocycles. The number of imidazole rings is 1. The molecule has 7 nitrogen and oxygen atoms in total. The van der Waals surface area contributed by atoms with Crippen molar-refractivity contribution in [1.82, 2.24) is 24.4 Å². The molecule has 3 aromatic rings. The number of carbonyl (C=O) groups excluding carboxylic acids is 1. The van der Waals surface area contributed by atoms with Gasteiger partial charge in [-0.1, -0.05) is 11.2 Å². The van der Waals surface area contributed by atoms with Crippen LogP contribution in [0.1, 0.15) is 65.7 Å². The summed E-state index contributed by atoms with van der Waals surface area (Å²) in [7, 11) is 0. The number of hydrogen-bond acceptors (Lipinski definition) is 5. The summed E-state index contributed by atoms with van der Waals surface area (Å²) < 4.78 is 7.33. The van der Waals surface area contributed by atoms with E-state index in [1.54, 1.807) is 0 Å². The Labute approximate surface area is 144 Å². The first-order valence-corrected chi connectivity index (χ1v) is 8.80. The highest BCUT2D eigenvalue weighted by molar-refractivity contribution is 5.99. The van der Waals surface area contributed by atoms with E-state index in [0.29, 0.717) is 24.0 Å². The van der Waals surface area contributed by atoms with Gasteiger partial charge in [0.05, 0.1) is 11.6 Å². The summed E-state index contributed by atoms with van der Waals surface area (Å²) in [6.45, 7) is 2.61. The van der Waals surface area contributed by atoms with Crippen LogP contribution >= 0.6 is 0 Å². The average molecular weight is 337 g/mol. The van der Waals surface area contributed by atoms with Crippen molar-refractivity contribution in [2.24, 2.45) is 0 Å². The molecule has 2 aliphatic rings. The molecule has 2 fully saturated rings. The lowest BCUT2D eigenvalue weighted by Gasteiger charge is -2.21. The van der Waals surface area contributed by atoms with E-state index in [-0.39, 0.29) is 11.9 Å². The van der Waals surface area contributed by atoms with Crippen molar-refractivity contribution in [3.05, 3.63) is 47.6 Å². The van der Waals surface area contributed by atoms with Crippen molar-refractivity contribution < 1.29 is 9.32 Å². The Bertz CT molecular complexity index is 955. The number of nitrogens with zero attached hydrogens (tertiary/aromatic N) is 5. The summed E-state index contributed by atoms with van der Waals surface area (Å²) in [5.74, 6) is 2.53. The summed E-state index contributed by atoms with van der Waals surface area (Å²) >= 11 is 0. The predicted molar refractivity (Wildman–Crippen MR) is 89.2 cm³/mol. The van der Waals surface area contributed by atoms with Crippen molar-refractivity contribution >= 4 is 11.4 Å². The number of aromatic nitrogens is 4. The predicted octanol–water partition coefficient (Wildman–Crippen LogP) is 2.88. The van der Waals surface area contributed by atoms with Gasteiger partial charge in [-0.05, 0) is 44.7 Å². The molecule has 128 valence electrons. The second-order valence-electron chi connectivity index (χ2n) is 6.89. The van der Waals surface area contributed by atoms with Crippen LogP contribution in [0.2, 0.25) is 0 Å². The maximum Gasteiger partial charge on any atom is 0.275 e. The molecule has 0 spiro atoms. The molecule has 5 rings (SSSR count). The maximum absolute atomic E-state index is 13.2. The van der Waals surface area contributed by atoms with E-state index in [2.05, 4.69) is 15.1 Å². The van der Waals surface area contributed by atoms with Gasteiger partial charge in [-0.2, -0.15) is 4.98 Å². The Kier molecular flexibility index (Phi) is 3.16. The Morgan fingerprint density at radius 1 is 1.24 bits per heavy atom. The van der Waals surface area contributed by atoms with Crippen LogP contribution < -0.4 is 0 Å². The van der Waals surface area contributed by atoms with E-state index in [1.807, 2.05) is 40.6 Å². The van der Waals surface area contributed by atoms with Gasteiger partial charge in [0.2, 0.25) is 5.89 Å². The van der Waals surface area contributed by atoms with Gasteiger partial charge in [-0.3, -0.25) is 4.79 Å². The first kappa shape index (κ1) is 14.6. The van der Waals surface area contributed by atoms with Gasteiger partial charge in [0.15, 0.2) is 11.5 Å². The lowest BCUT2D eigenvalue weighted by atomic mass is 10.2. The van der Waals surface area contributed by atoms with Gasteiger partial charge in [0.1, 0.15) is 5.82 Å². The number of hydrogen-bond donors (Lipinski definition) is 0. The van der Waals surface area contributed by atoms with Crippen molar-refractivity contribution in [2.75, 3.05) is 6.54 Å². The first-order valence-electron chi connectivity index (χ1n) is 8.80. The normalized spacial score (nSPS) is 20.5. The SMILES string of the molecule is Cc1nc(C(=O)N2CCC[C@H]2c2noc(C3CC3)n2)c2ccccn12. The molecule has 1 aliphatic heterocycles. The van der Waals surface area contributed by atoms with Gasteiger partial charge < -0.3 is 13.8 Å². The van der Waals surface area contributed by atoms with E-state index in [0.717, 1.165) is 42.9 Å². The summed E-state index contributed by atoms with van der Waals surface area (Å²) in [6, 6.07) is 5.67. The van der Waals surface area contributed by atoms with Crippen LogP contribution in [0.4, 0.5) is 0 Å². The zero-order valence-electron chi connectivity index (χ0n) is 14.1. The lowest BCUT2D eigenvalue weighted by molar-refractivity contribution is 0.0725. The number of pyridine rings is 1. The third-order valence-corrected chi connectivity index (χ3v) is 5.12. The van der Waals surface area contributed by atoms with Gasteiger partial charge in [-0.25, -0.2) is 4.98 Å². The van der Waals surface area contributed by atoms with Crippen molar-refractivity contribution in [2.45, 2.75) is 44.6 Å². The Morgan fingerprint density at radius 2 is 2.12 bits per heavy atom. The molecule has 0 unspecified atom stereocenters. The lowest BCUT2D eigenvalue weighted by Crippen LogP contribution is -2.31. The smallest absolute Gasteiger partial charge is 0.275 e. The summed E-state index contributed by atoms with van der Waals surface area (Å²) in [6.07, 6.45) is 5.97. The minimum absolute atomic E-state index is 0.0583. The third kappa shape index (κ3) is 2.33. The fourth-order valence-electron chi connectivity index (χ4n) is 3.64. The molecule has 3 aromatic heterocycles. The highest BCUT2D eigenvalue weighted by Gasteiger charge is 2.37. The Balaban J connectivity index is 1.48. The van der Waals surface area contributed by atoms with Crippen LogP contribution in [0, 0.1) is 6.92 Å². The molecule has 0 aromatic carbocycles. The second kappa shape index (κ2) is 5.40. The monoisotopic (exact) mass is 337 g/mol. The molecule has 0 N–H and O–H groups in total. The quantitative estimate of drug-likeness (QED) is 0.734. The van der Waals surface area contributed by atoms with Crippen LogP contribution in [0.3, 0.4) is 0 Å². The average Bonchev–Trinajstić information content (AvgIpc) is 3.07. The minimum Gasteiger partial charge on any atom is -0.339 e. The van der Waals surface area contributed by atoms with Gasteiger partial charge in [0, 0.05) is 18.7 Å². The Hall–Kier alpha value is -2.70. The summed E-state index contributed by atoms with van der Waals surface area (Å²) in [5, 5.41) is 4.15. The van der Waals surface area contributed by atoms with Crippen LogP contribution in [-0.4, -0.2) is 36.9 Å². The number of likely N-dealkylation sites (tertiary alicyclic amines) is 1. The second-order valence-corrected chi connectivity index (χ2v) is 6.89. The largest absolute Gasteiger partial charge is 0.339 e. The molecule has 1 saturated heterocycles. The van der Waals surface area contributed by atoms with E-state index in [4.69, 9.17) is 4.52 Å². The van der Waals surface area contributed by atoms with Crippen molar-refractivity contribution in [3.63, 3.8) is 0 Å². The fraction of sp³-hybridized carbons (Fsp3) is 0.444. The van der Waals surface area contributed by atoms with Gasteiger partial charge in [-0.15, -0.1) is 0 Å². The topological polar surface area (TPSA) is 76.5 Å². The molecule has 7 heteroatoms. The van der Waals surface area contributed by atoms with E-state index >= 15 is 0 Å². The molecule has 25 heavy (non-hydrogen) atoms. The number of carbonyl (C=O) groups is 1. The Morgan fingerprint density at radius 3 is 2.96 bits per heavy atom. The first-order chi connectivity index (χ1) is 12.2. The number of aryl methyl sites for hydroxylation is 1. The molecule has 1 amide bonds. The molecular weight excluding hydrogens is 318 g/mol.